The van der Waals surface area contributed by atoms with Gasteiger partial charge < -0.3 is 23.9 Å². The Morgan fingerprint density at radius 1 is 1.20 bits per heavy atom. The van der Waals surface area contributed by atoms with Crippen LogP contribution in [0, 0.1) is 0 Å². The number of rotatable bonds is 6. The van der Waals surface area contributed by atoms with E-state index in [1.807, 2.05) is 41.0 Å². The Morgan fingerprint density at radius 3 is 2.88 bits per heavy atom. The number of nitrogens with one attached hydrogen (secondary N) is 1. The summed E-state index contributed by atoms with van der Waals surface area (Å²) in [5.74, 6) is 1.91. The molecule has 128 valence electrons. The topological polar surface area (TPSA) is 89.2 Å². The summed E-state index contributed by atoms with van der Waals surface area (Å²) >= 11 is 0. The Labute approximate surface area is 143 Å². The lowest BCUT2D eigenvalue weighted by molar-refractivity contribution is 0.208. The molecule has 1 atom stereocenters. The number of hydrogen-bond acceptors (Lipinski definition) is 6. The molecule has 0 amide bonds. The average Bonchev–Trinajstić information content (AvgIpc) is 3.33. The first kappa shape index (κ1) is 15.5. The molecule has 0 bridgehead atoms. The summed E-state index contributed by atoms with van der Waals surface area (Å²) in [6.45, 7) is 2.64. The third kappa shape index (κ3) is 3.14. The molecule has 4 rings (SSSR count). The van der Waals surface area contributed by atoms with E-state index in [1.54, 1.807) is 19.3 Å². The zero-order chi connectivity index (χ0) is 17.2. The lowest BCUT2D eigenvalue weighted by Gasteiger charge is -2.10. The lowest BCUT2D eigenvalue weighted by Crippen LogP contribution is -2.18. The van der Waals surface area contributed by atoms with Gasteiger partial charge in [0, 0.05) is 12.6 Å². The summed E-state index contributed by atoms with van der Waals surface area (Å²) in [5, 5.41) is 16.9. The van der Waals surface area contributed by atoms with Crippen LogP contribution in [0.1, 0.15) is 12.6 Å². The highest BCUT2D eigenvalue weighted by atomic mass is 16.5. The maximum Gasteiger partial charge on any atom is 0.204 e. The van der Waals surface area contributed by atoms with E-state index in [0.717, 1.165) is 16.7 Å². The van der Waals surface area contributed by atoms with E-state index in [2.05, 4.69) is 15.5 Å². The third-order valence-electron chi connectivity index (χ3n) is 3.85. The molecule has 1 unspecified atom stereocenters. The second-order valence-electron chi connectivity index (χ2n) is 5.90. The molecule has 0 saturated heterocycles. The smallest absolute Gasteiger partial charge is 0.204 e. The van der Waals surface area contributed by atoms with E-state index in [4.69, 9.17) is 8.94 Å². The summed E-state index contributed by atoms with van der Waals surface area (Å²) < 4.78 is 12.7. The van der Waals surface area contributed by atoms with Crippen LogP contribution in [0.5, 0.6) is 0 Å². The van der Waals surface area contributed by atoms with Gasteiger partial charge in [-0.3, -0.25) is 0 Å². The molecule has 3 aromatic heterocycles. The minimum Gasteiger partial charge on any atom is -0.461 e. The van der Waals surface area contributed by atoms with Crippen molar-refractivity contribution in [2.45, 2.75) is 19.6 Å². The summed E-state index contributed by atoms with van der Waals surface area (Å²) in [6.07, 6.45) is 1.13. The van der Waals surface area contributed by atoms with Crippen molar-refractivity contribution in [1.29, 1.82) is 0 Å². The van der Waals surface area contributed by atoms with Gasteiger partial charge in [0.05, 0.1) is 29.9 Å². The highest BCUT2D eigenvalue weighted by Gasteiger charge is 2.15. The van der Waals surface area contributed by atoms with Crippen molar-refractivity contribution in [2.24, 2.45) is 0 Å². The van der Waals surface area contributed by atoms with Crippen LogP contribution in [0.25, 0.3) is 22.6 Å². The van der Waals surface area contributed by atoms with Crippen LogP contribution in [0.4, 0.5) is 5.95 Å². The van der Waals surface area contributed by atoms with Gasteiger partial charge in [-0.1, -0.05) is 17.3 Å². The SMILES string of the molecule is CC(O)CNc1nc2ccccc2n1Cc1cc(-c2ccco2)on1. The van der Waals surface area contributed by atoms with Crippen LogP contribution in [0.15, 0.2) is 57.7 Å². The molecule has 0 aliphatic rings. The molecule has 2 N–H and O–H groups in total. The number of aromatic nitrogens is 3. The van der Waals surface area contributed by atoms with E-state index >= 15 is 0 Å². The zero-order valence-electron chi connectivity index (χ0n) is 13.7. The molecule has 4 aromatic rings. The molecule has 0 aliphatic heterocycles. The molecule has 7 nitrogen and oxygen atoms in total. The second kappa shape index (κ2) is 6.45. The van der Waals surface area contributed by atoms with Crippen LogP contribution in [0.2, 0.25) is 0 Å². The van der Waals surface area contributed by atoms with E-state index < -0.39 is 6.10 Å². The van der Waals surface area contributed by atoms with Gasteiger partial charge in [-0.05, 0) is 31.2 Å². The Hall–Kier alpha value is -3.06. The first-order valence-corrected chi connectivity index (χ1v) is 8.07. The summed E-state index contributed by atoms with van der Waals surface area (Å²) in [5.41, 5.74) is 2.62. The highest BCUT2D eigenvalue weighted by molar-refractivity contribution is 5.78. The van der Waals surface area contributed by atoms with Crippen molar-refractivity contribution in [2.75, 3.05) is 11.9 Å². The fourth-order valence-electron chi connectivity index (χ4n) is 2.69. The molecular weight excluding hydrogens is 320 g/mol. The second-order valence-corrected chi connectivity index (χ2v) is 5.90. The maximum absolute atomic E-state index is 9.54. The van der Waals surface area contributed by atoms with E-state index in [0.29, 0.717) is 30.6 Å². The fourth-order valence-corrected chi connectivity index (χ4v) is 2.69. The van der Waals surface area contributed by atoms with Crippen molar-refractivity contribution < 1.29 is 14.0 Å². The monoisotopic (exact) mass is 338 g/mol. The molecule has 0 radical (unpaired) electrons. The molecule has 25 heavy (non-hydrogen) atoms. The van der Waals surface area contributed by atoms with E-state index in [1.165, 1.54) is 0 Å². The van der Waals surface area contributed by atoms with Crippen LogP contribution < -0.4 is 5.32 Å². The number of benzene rings is 1. The van der Waals surface area contributed by atoms with Crippen molar-refractivity contribution in [3.05, 3.63) is 54.4 Å². The van der Waals surface area contributed by atoms with Crippen LogP contribution in [0.3, 0.4) is 0 Å². The number of aliphatic hydroxyl groups excluding tert-OH is 1. The van der Waals surface area contributed by atoms with Crippen molar-refractivity contribution in [1.82, 2.24) is 14.7 Å². The number of anilines is 1. The molecule has 0 fully saturated rings. The van der Waals surface area contributed by atoms with Gasteiger partial charge in [-0.2, -0.15) is 0 Å². The van der Waals surface area contributed by atoms with Gasteiger partial charge in [-0.25, -0.2) is 4.98 Å². The normalized spacial score (nSPS) is 12.6. The summed E-state index contributed by atoms with van der Waals surface area (Å²) in [7, 11) is 0. The molecule has 0 saturated carbocycles. The van der Waals surface area contributed by atoms with Gasteiger partial charge in [-0.15, -0.1) is 0 Å². The predicted octanol–water partition coefficient (Wildman–Crippen LogP) is 3.13. The quantitative estimate of drug-likeness (QED) is 0.561. The van der Waals surface area contributed by atoms with Crippen LogP contribution in [-0.2, 0) is 6.54 Å². The molecule has 0 aliphatic carbocycles. The zero-order valence-corrected chi connectivity index (χ0v) is 13.7. The molecule has 7 heteroatoms. The van der Waals surface area contributed by atoms with Crippen molar-refractivity contribution in [3.63, 3.8) is 0 Å². The van der Waals surface area contributed by atoms with Crippen LogP contribution in [-0.4, -0.2) is 32.5 Å². The Bertz CT molecular complexity index is 969. The number of nitrogens with zero attached hydrogens (tertiary/aromatic N) is 3. The fraction of sp³-hybridized carbons (Fsp3) is 0.222. The first-order chi connectivity index (χ1) is 12.2. The Balaban J connectivity index is 1.67. The van der Waals surface area contributed by atoms with E-state index in [-0.39, 0.29) is 0 Å². The van der Waals surface area contributed by atoms with Gasteiger partial charge in [0.15, 0.2) is 5.76 Å². The number of fused-ring (bicyclic) bond motifs is 1. The van der Waals surface area contributed by atoms with E-state index in [9.17, 15) is 5.11 Å². The maximum atomic E-state index is 9.54. The van der Waals surface area contributed by atoms with Gasteiger partial charge in [0.2, 0.25) is 11.7 Å². The molecule has 3 heterocycles. The van der Waals surface area contributed by atoms with Gasteiger partial charge in [0.1, 0.15) is 5.69 Å². The van der Waals surface area contributed by atoms with Gasteiger partial charge >= 0.3 is 0 Å². The van der Waals surface area contributed by atoms with Crippen LogP contribution >= 0.6 is 0 Å². The predicted molar refractivity (Wildman–Crippen MR) is 93.2 cm³/mol. The summed E-state index contributed by atoms with van der Waals surface area (Å²) in [6, 6.07) is 13.4. The number of imidazole rings is 1. The number of para-hydroxylation sites is 2. The molecule has 1 aromatic carbocycles. The van der Waals surface area contributed by atoms with Gasteiger partial charge in [0.25, 0.3) is 0 Å². The van der Waals surface area contributed by atoms with Crippen molar-refractivity contribution >= 4 is 17.0 Å². The summed E-state index contributed by atoms with van der Waals surface area (Å²) in [4.78, 5) is 4.60. The largest absolute Gasteiger partial charge is 0.461 e. The first-order valence-electron chi connectivity index (χ1n) is 8.07. The Kier molecular flexibility index (Phi) is 3.99. The van der Waals surface area contributed by atoms with Crippen molar-refractivity contribution in [3.8, 4) is 11.5 Å². The standard InChI is InChI=1S/C18H18N4O3/c1-12(23)10-19-18-20-14-5-2-3-6-15(14)22(18)11-13-9-17(25-21-13)16-7-4-8-24-16/h2-9,12,23H,10-11H2,1H3,(H,19,20). The lowest BCUT2D eigenvalue weighted by atomic mass is 10.3. The minimum absolute atomic E-state index is 0.416. The third-order valence-corrected chi connectivity index (χ3v) is 3.85. The highest BCUT2D eigenvalue weighted by Crippen LogP contribution is 2.24. The number of aliphatic hydroxyl groups is 1. The molecular formula is C18H18N4O3. The Morgan fingerprint density at radius 2 is 2.08 bits per heavy atom. The minimum atomic E-state index is -0.467. The average molecular weight is 338 g/mol. The number of hydrogen-bond donors (Lipinski definition) is 2. The molecule has 0 spiro atoms. The number of furan rings is 1.